The van der Waals surface area contributed by atoms with Crippen molar-refractivity contribution < 1.29 is 4.39 Å². The Kier molecular flexibility index (Phi) is 9.38. The summed E-state index contributed by atoms with van der Waals surface area (Å²) >= 11 is 0. The van der Waals surface area contributed by atoms with E-state index in [0.717, 1.165) is 6.54 Å². The Hall–Kier alpha value is -1.62. The molecule has 0 aliphatic carbocycles. The molecule has 0 radical (unpaired) electrons. The Morgan fingerprint density at radius 3 is 2.80 bits per heavy atom. The lowest BCUT2D eigenvalue weighted by molar-refractivity contribution is 0.610. The Morgan fingerprint density at radius 2 is 2.25 bits per heavy atom. The van der Waals surface area contributed by atoms with E-state index in [-0.39, 0.29) is 30.5 Å². The second-order valence-electron chi connectivity index (χ2n) is 3.78. The van der Waals surface area contributed by atoms with Crippen LogP contribution < -0.4 is 10.6 Å². The molecule has 0 atom stereocenters. The maximum absolute atomic E-state index is 13.6. The number of nitrogens with one attached hydrogen (secondary N) is 2. The number of aliphatic imine (C=N–C) groups is 1. The first-order valence-corrected chi connectivity index (χ1v) is 6.02. The van der Waals surface area contributed by atoms with Crippen molar-refractivity contribution in [3.8, 4) is 6.07 Å². The minimum Gasteiger partial charge on any atom is -0.357 e. The lowest BCUT2D eigenvalue weighted by Gasteiger charge is -2.09. The van der Waals surface area contributed by atoms with Gasteiger partial charge < -0.3 is 10.6 Å². The van der Waals surface area contributed by atoms with Crippen LogP contribution in [0.3, 0.4) is 0 Å². The zero-order valence-electron chi connectivity index (χ0n) is 11.3. The fourth-order valence-corrected chi connectivity index (χ4v) is 1.42. The average Bonchev–Trinajstić information content (AvgIpc) is 2.42. The number of nitrogens with zero attached hydrogens (tertiary/aromatic N) is 2. The second-order valence-corrected chi connectivity index (χ2v) is 3.78. The van der Waals surface area contributed by atoms with E-state index in [9.17, 15) is 4.39 Å². The predicted molar refractivity (Wildman–Crippen MR) is 89.5 cm³/mol. The lowest BCUT2D eigenvalue weighted by Crippen LogP contribution is -2.37. The molecule has 108 valence electrons. The summed E-state index contributed by atoms with van der Waals surface area (Å²) < 4.78 is 13.6. The number of rotatable bonds is 5. The van der Waals surface area contributed by atoms with Crippen LogP contribution in [0.25, 0.3) is 0 Å². The summed E-state index contributed by atoms with van der Waals surface area (Å²) in [6.45, 7) is 7.08. The highest BCUT2D eigenvalue weighted by Gasteiger charge is 2.03. The first-order valence-electron chi connectivity index (χ1n) is 6.02. The van der Waals surface area contributed by atoms with Crippen molar-refractivity contribution in [3.63, 3.8) is 0 Å². The summed E-state index contributed by atoms with van der Waals surface area (Å²) in [5.41, 5.74) is 0.761. The van der Waals surface area contributed by atoms with Crippen molar-refractivity contribution in [1.82, 2.24) is 10.6 Å². The molecule has 1 rings (SSSR count). The first-order chi connectivity index (χ1) is 9.21. The van der Waals surface area contributed by atoms with E-state index in [2.05, 4.69) is 22.2 Å². The highest BCUT2D eigenvalue weighted by Crippen LogP contribution is 2.10. The maximum atomic E-state index is 13.6. The second kappa shape index (κ2) is 10.2. The molecule has 0 heterocycles. The van der Waals surface area contributed by atoms with Crippen molar-refractivity contribution in [2.45, 2.75) is 13.5 Å². The zero-order chi connectivity index (χ0) is 14.1. The van der Waals surface area contributed by atoms with Crippen LogP contribution in [0.1, 0.15) is 18.1 Å². The van der Waals surface area contributed by atoms with Crippen LogP contribution in [0.4, 0.5) is 4.39 Å². The molecule has 1 aromatic rings. The molecule has 20 heavy (non-hydrogen) atoms. The van der Waals surface area contributed by atoms with Gasteiger partial charge in [0.1, 0.15) is 5.82 Å². The van der Waals surface area contributed by atoms with Crippen molar-refractivity contribution in [2.75, 3.05) is 13.1 Å². The molecule has 0 bridgehead atoms. The smallest absolute Gasteiger partial charge is 0.191 e. The normalized spacial score (nSPS) is 10.2. The van der Waals surface area contributed by atoms with Gasteiger partial charge in [0.05, 0.1) is 18.2 Å². The van der Waals surface area contributed by atoms with E-state index in [1.165, 1.54) is 6.07 Å². The highest BCUT2D eigenvalue weighted by atomic mass is 127. The van der Waals surface area contributed by atoms with Crippen LogP contribution >= 0.6 is 24.0 Å². The van der Waals surface area contributed by atoms with E-state index in [0.29, 0.717) is 23.6 Å². The number of halogens is 2. The Labute approximate surface area is 135 Å². The summed E-state index contributed by atoms with van der Waals surface area (Å²) in [7, 11) is 0. The minimum absolute atomic E-state index is 0. The van der Waals surface area contributed by atoms with Gasteiger partial charge in [0.15, 0.2) is 5.96 Å². The van der Waals surface area contributed by atoms with Crippen LogP contribution in [0.2, 0.25) is 0 Å². The van der Waals surface area contributed by atoms with Crippen molar-refractivity contribution in [1.29, 1.82) is 5.26 Å². The quantitative estimate of drug-likeness (QED) is 0.353. The molecule has 2 N–H and O–H groups in total. The molecule has 0 fully saturated rings. The molecule has 0 aromatic heterocycles. The van der Waals surface area contributed by atoms with Crippen molar-refractivity contribution in [2.24, 2.45) is 4.99 Å². The molecular weight excluding hydrogens is 370 g/mol. The molecule has 1 aromatic carbocycles. The fraction of sp³-hybridized carbons (Fsp3) is 0.286. The van der Waals surface area contributed by atoms with Gasteiger partial charge in [0.25, 0.3) is 0 Å². The molecule has 0 saturated heterocycles. The average molecular weight is 388 g/mol. The molecule has 0 aliphatic heterocycles. The molecule has 0 saturated carbocycles. The molecule has 0 spiro atoms. The van der Waals surface area contributed by atoms with Gasteiger partial charge in [-0.3, -0.25) is 0 Å². The topological polar surface area (TPSA) is 60.2 Å². The van der Waals surface area contributed by atoms with E-state index >= 15 is 0 Å². The number of guanidine groups is 1. The van der Waals surface area contributed by atoms with Crippen LogP contribution in [-0.4, -0.2) is 19.0 Å². The van der Waals surface area contributed by atoms with Gasteiger partial charge in [-0.05, 0) is 19.1 Å². The van der Waals surface area contributed by atoms with E-state index in [1.807, 2.05) is 13.0 Å². The van der Waals surface area contributed by atoms with E-state index in [4.69, 9.17) is 5.26 Å². The number of hydrogen-bond acceptors (Lipinski definition) is 2. The van der Waals surface area contributed by atoms with Gasteiger partial charge in [-0.15, -0.1) is 30.6 Å². The van der Waals surface area contributed by atoms with Gasteiger partial charge in [0.2, 0.25) is 0 Å². The first kappa shape index (κ1) is 18.4. The van der Waals surface area contributed by atoms with Gasteiger partial charge >= 0.3 is 0 Å². The third-order valence-corrected chi connectivity index (χ3v) is 2.35. The van der Waals surface area contributed by atoms with Crippen LogP contribution in [-0.2, 0) is 6.54 Å². The molecule has 6 heteroatoms. The van der Waals surface area contributed by atoms with Crippen LogP contribution in [0, 0.1) is 17.1 Å². The molecule has 4 nitrogen and oxygen atoms in total. The van der Waals surface area contributed by atoms with Crippen molar-refractivity contribution in [3.05, 3.63) is 47.8 Å². The summed E-state index contributed by atoms with van der Waals surface area (Å²) in [5, 5.41) is 14.7. The Morgan fingerprint density at radius 1 is 1.50 bits per heavy atom. The Balaban J connectivity index is 0.00000361. The summed E-state index contributed by atoms with van der Waals surface area (Å²) in [4.78, 5) is 4.26. The molecular formula is C14H18FIN4. The standard InChI is InChI=1S/C14H17FN4.HI/c1-3-7-18-14(17-4-2)19-10-12-6-5-11(9-16)8-13(12)15;/h3,5-6,8H,1,4,7,10H2,2H3,(H2,17,18,19);1H. The third-order valence-electron chi connectivity index (χ3n) is 2.35. The SMILES string of the molecule is C=CCNC(=NCc1ccc(C#N)cc1F)NCC.I. The minimum atomic E-state index is -0.414. The van der Waals surface area contributed by atoms with Crippen LogP contribution in [0.5, 0.6) is 0 Å². The summed E-state index contributed by atoms with van der Waals surface area (Å²) in [5.74, 6) is 0.188. The Bertz CT molecular complexity index is 508. The number of nitriles is 1. The monoisotopic (exact) mass is 388 g/mol. The van der Waals surface area contributed by atoms with E-state index in [1.54, 1.807) is 18.2 Å². The maximum Gasteiger partial charge on any atom is 0.191 e. The van der Waals surface area contributed by atoms with Crippen LogP contribution in [0.15, 0.2) is 35.8 Å². The lowest BCUT2D eigenvalue weighted by atomic mass is 10.1. The highest BCUT2D eigenvalue weighted by molar-refractivity contribution is 14.0. The zero-order valence-corrected chi connectivity index (χ0v) is 13.6. The molecule has 0 unspecified atom stereocenters. The van der Waals surface area contributed by atoms with Gasteiger partial charge in [0, 0.05) is 18.7 Å². The van der Waals surface area contributed by atoms with Crippen molar-refractivity contribution >= 4 is 29.9 Å². The van der Waals surface area contributed by atoms with Gasteiger partial charge in [-0.25, -0.2) is 9.38 Å². The van der Waals surface area contributed by atoms with Gasteiger partial charge in [-0.1, -0.05) is 12.1 Å². The predicted octanol–water partition coefficient (Wildman–Crippen LogP) is 2.56. The largest absolute Gasteiger partial charge is 0.357 e. The third kappa shape index (κ3) is 6.02. The summed E-state index contributed by atoms with van der Waals surface area (Å²) in [6, 6.07) is 6.27. The van der Waals surface area contributed by atoms with E-state index < -0.39 is 5.82 Å². The fourth-order valence-electron chi connectivity index (χ4n) is 1.42. The molecule has 0 amide bonds. The van der Waals surface area contributed by atoms with Gasteiger partial charge in [-0.2, -0.15) is 5.26 Å². The number of benzene rings is 1. The summed E-state index contributed by atoms with van der Waals surface area (Å²) in [6.07, 6.45) is 1.72. The number of hydrogen-bond donors (Lipinski definition) is 2. The molecule has 0 aliphatic rings.